The van der Waals surface area contributed by atoms with E-state index in [1.165, 1.54) is 0 Å². The molecule has 0 aromatic rings. The van der Waals surface area contributed by atoms with Crippen LogP contribution in [-0.2, 0) is 19.7 Å². The van der Waals surface area contributed by atoms with E-state index in [1.54, 1.807) is 0 Å². The van der Waals surface area contributed by atoms with Crippen molar-refractivity contribution in [1.82, 2.24) is 0 Å². The van der Waals surface area contributed by atoms with Gasteiger partial charge in [-0.15, -0.1) is 0 Å². The molecule has 0 rings (SSSR count). The highest BCUT2D eigenvalue weighted by molar-refractivity contribution is 7.87. The maximum Gasteiger partial charge on any atom is 0.325 e. The van der Waals surface area contributed by atoms with Crippen LogP contribution in [-0.4, -0.2) is 40.4 Å². The van der Waals surface area contributed by atoms with Crippen LogP contribution in [0.25, 0.3) is 0 Å². The lowest BCUT2D eigenvalue weighted by molar-refractivity contribution is -0.155. The van der Waals surface area contributed by atoms with E-state index in [9.17, 15) is 32.8 Å². The van der Waals surface area contributed by atoms with Crippen LogP contribution >= 0.6 is 0 Å². The number of carbonyl (C=O) groups is 2. The first-order valence-electron chi connectivity index (χ1n) is 8.68. The zero-order valence-electron chi connectivity index (χ0n) is 15.5. The van der Waals surface area contributed by atoms with Crippen molar-refractivity contribution in [2.24, 2.45) is 5.41 Å². The summed E-state index contributed by atoms with van der Waals surface area (Å²) in [5, 5.41) is 16.7. The molecule has 0 saturated heterocycles. The van der Waals surface area contributed by atoms with Crippen LogP contribution in [0.2, 0.25) is 0 Å². The number of hydrogen-bond donors (Lipinski definition) is 3. The van der Waals surface area contributed by atoms with Gasteiger partial charge in [0.1, 0.15) is 5.41 Å². The Morgan fingerprint density at radius 2 is 1.35 bits per heavy atom. The van der Waals surface area contributed by atoms with Gasteiger partial charge in [-0.25, -0.2) is 0 Å². The Morgan fingerprint density at radius 3 is 1.58 bits per heavy atom. The van der Waals surface area contributed by atoms with Crippen LogP contribution in [0.5, 0.6) is 0 Å². The highest BCUT2D eigenvalue weighted by Gasteiger charge is 2.56. The summed E-state index contributed by atoms with van der Waals surface area (Å²) < 4.78 is 33.0. The molecule has 0 aromatic carbocycles. The number of hydrogen-bond acceptors (Lipinski definition) is 4. The maximum atomic E-state index is 12.1. The fraction of sp³-hybridized carbons (Fsp3) is 0.667. The van der Waals surface area contributed by atoms with Gasteiger partial charge in [-0.2, -0.15) is 8.42 Å². The molecule has 26 heavy (non-hydrogen) atoms. The standard InChI is InChI=1S/C18H30O7S/c1-5-7-9-13(3)11-18(17(21)22,12-14(4)10-8-6-2)15(16(19)20)26(23,24)25/h15H,3-12H2,1-2H3,(H,19,20)(H,21,22)(H,23,24,25). The van der Waals surface area contributed by atoms with Crippen LogP contribution in [0.4, 0.5) is 0 Å². The largest absolute Gasteiger partial charge is 0.481 e. The lowest BCUT2D eigenvalue weighted by atomic mass is 9.72. The second kappa shape index (κ2) is 10.5. The monoisotopic (exact) mass is 390 g/mol. The normalized spacial score (nSPS) is 13.2. The Morgan fingerprint density at radius 1 is 0.962 bits per heavy atom. The molecular formula is C18H30O7S. The van der Waals surface area contributed by atoms with Crippen molar-refractivity contribution in [3.8, 4) is 0 Å². The Labute approximate surface area is 155 Å². The fourth-order valence-corrected chi connectivity index (χ4v) is 4.18. The minimum Gasteiger partial charge on any atom is -0.481 e. The van der Waals surface area contributed by atoms with E-state index in [4.69, 9.17) is 0 Å². The third-order valence-electron chi connectivity index (χ3n) is 4.35. The molecule has 7 nitrogen and oxygen atoms in total. The van der Waals surface area contributed by atoms with Gasteiger partial charge < -0.3 is 10.2 Å². The van der Waals surface area contributed by atoms with E-state index >= 15 is 0 Å². The summed E-state index contributed by atoms with van der Waals surface area (Å²) >= 11 is 0. The van der Waals surface area contributed by atoms with Crippen molar-refractivity contribution < 1.29 is 32.8 Å². The average molecular weight is 390 g/mol. The lowest BCUT2D eigenvalue weighted by Gasteiger charge is -2.34. The van der Waals surface area contributed by atoms with Gasteiger partial charge in [-0.3, -0.25) is 14.1 Å². The highest BCUT2D eigenvalue weighted by Crippen LogP contribution is 2.42. The summed E-state index contributed by atoms with van der Waals surface area (Å²) in [6, 6.07) is 0. The first-order valence-corrected chi connectivity index (χ1v) is 10.2. The molecule has 0 aliphatic heterocycles. The highest BCUT2D eigenvalue weighted by atomic mass is 32.2. The number of aliphatic carboxylic acids is 2. The fourth-order valence-electron chi connectivity index (χ4n) is 3.08. The minimum atomic E-state index is -5.16. The van der Waals surface area contributed by atoms with Crippen LogP contribution in [0.1, 0.15) is 65.2 Å². The number of carboxylic acid groups (broad SMARTS) is 2. The summed E-state index contributed by atoms with van der Waals surface area (Å²) in [6.45, 7) is 11.4. The number of carboxylic acids is 2. The van der Waals surface area contributed by atoms with Crippen LogP contribution in [0.3, 0.4) is 0 Å². The van der Waals surface area contributed by atoms with Gasteiger partial charge in [0.15, 0.2) is 5.25 Å². The zero-order valence-corrected chi connectivity index (χ0v) is 16.3. The second-order valence-electron chi connectivity index (χ2n) is 6.76. The topological polar surface area (TPSA) is 129 Å². The molecule has 0 aliphatic rings. The van der Waals surface area contributed by atoms with Gasteiger partial charge in [0, 0.05) is 0 Å². The first-order chi connectivity index (χ1) is 11.9. The average Bonchev–Trinajstić information content (AvgIpc) is 2.48. The van der Waals surface area contributed by atoms with Gasteiger partial charge >= 0.3 is 11.9 Å². The van der Waals surface area contributed by atoms with Crippen LogP contribution < -0.4 is 0 Å². The van der Waals surface area contributed by atoms with E-state index in [0.717, 1.165) is 25.7 Å². The van der Waals surface area contributed by atoms with Crippen molar-refractivity contribution in [2.75, 3.05) is 0 Å². The minimum absolute atomic E-state index is 0.357. The first kappa shape index (κ1) is 24.3. The Bertz CT molecular complexity index is 612. The van der Waals surface area contributed by atoms with Gasteiger partial charge in [0.05, 0.1) is 0 Å². The second-order valence-corrected chi connectivity index (χ2v) is 8.26. The Kier molecular flexibility index (Phi) is 9.80. The molecule has 1 unspecified atom stereocenters. The molecule has 0 bridgehead atoms. The number of rotatable bonds is 14. The molecule has 8 heteroatoms. The van der Waals surface area contributed by atoms with Gasteiger partial charge in [0.2, 0.25) is 0 Å². The molecule has 150 valence electrons. The molecule has 3 N–H and O–H groups in total. The predicted octanol–water partition coefficient (Wildman–Crippen LogP) is 3.67. The molecule has 0 amide bonds. The van der Waals surface area contributed by atoms with Crippen molar-refractivity contribution in [3.63, 3.8) is 0 Å². The number of unbranched alkanes of at least 4 members (excludes halogenated alkanes) is 2. The van der Waals surface area contributed by atoms with E-state index in [2.05, 4.69) is 13.2 Å². The van der Waals surface area contributed by atoms with Gasteiger partial charge in [0.25, 0.3) is 10.1 Å². The van der Waals surface area contributed by atoms with Crippen LogP contribution in [0.15, 0.2) is 24.3 Å². The summed E-state index contributed by atoms with van der Waals surface area (Å²) in [7, 11) is -5.16. The molecule has 1 atom stereocenters. The lowest BCUT2D eigenvalue weighted by Crippen LogP contribution is -2.51. The summed E-state index contributed by atoms with van der Waals surface area (Å²) in [5.74, 6) is -3.50. The molecule has 0 aliphatic carbocycles. The SMILES string of the molecule is C=C(CCCC)CC(CC(=C)CCCC)(C(=O)O)C(C(=O)O)S(=O)(=O)O. The summed E-state index contributed by atoms with van der Waals surface area (Å²) in [6.07, 6.45) is 3.26. The third-order valence-corrected chi connectivity index (χ3v) is 5.60. The predicted molar refractivity (Wildman–Crippen MR) is 99.6 cm³/mol. The van der Waals surface area contributed by atoms with Crippen LogP contribution in [0, 0.1) is 5.41 Å². The molecular weight excluding hydrogens is 360 g/mol. The van der Waals surface area contributed by atoms with E-state index in [0.29, 0.717) is 24.0 Å². The van der Waals surface area contributed by atoms with Crippen molar-refractivity contribution >= 4 is 22.1 Å². The van der Waals surface area contributed by atoms with E-state index in [-0.39, 0.29) is 12.8 Å². The molecule has 0 fully saturated rings. The molecule has 0 spiro atoms. The van der Waals surface area contributed by atoms with Crippen molar-refractivity contribution in [1.29, 1.82) is 0 Å². The maximum absolute atomic E-state index is 12.1. The zero-order chi connectivity index (χ0) is 20.5. The summed E-state index contributed by atoms with van der Waals surface area (Å²) in [4.78, 5) is 23.7. The third kappa shape index (κ3) is 6.92. The number of allylic oxidation sites excluding steroid dienone is 2. The van der Waals surface area contributed by atoms with Gasteiger partial charge in [-0.1, -0.05) is 51.0 Å². The van der Waals surface area contributed by atoms with Crippen molar-refractivity contribution in [3.05, 3.63) is 24.3 Å². The van der Waals surface area contributed by atoms with E-state index in [1.807, 2.05) is 13.8 Å². The molecule has 0 radical (unpaired) electrons. The van der Waals surface area contributed by atoms with Crippen molar-refractivity contribution in [2.45, 2.75) is 70.5 Å². The molecule has 0 saturated carbocycles. The van der Waals surface area contributed by atoms with E-state index < -0.39 is 32.7 Å². The smallest absolute Gasteiger partial charge is 0.325 e. The van der Waals surface area contributed by atoms with Gasteiger partial charge in [-0.05, 0) is 38.5 Å². The Hall–Kier alpha value is -1.67. The molecule has 0 aromatic heterocycles. The Balaban J connectivity index is 6.13. The quantitative estimate of drug-likeness (QED) is 0.305. The summed E-state index contributed by atoms with van der Waals surface area (Å²) in [5.41, 5.74) is -1.38. The molecule has 0 heterocycles.